The number of amides is 1. The van der Waals surface area contributed by atoms with E-state index in [1.807, 2.05) is 6.08 Å². The summed E-state index contributed by atoms with van der Waals surface area (Å²) < 4.78 is 11.3. The van der Waals surface area contributed by atoms with Crippen LogP contribution in [0.25, 0.3) is 0 Å². The van der Waals surface area contributed by atoms with Crippen LogP contribution in [0.2, 0.25) is 0 Å². The van der Waals surface area contributed by atoms with Gasteiger partial charge in [0.15, 0.2) is 6.29 Å². The number of hydrogen-bond acceptors (Lipinski definition) is 8. The highest BCUT2D eigenvalue weighted by Crippen LogP contribution is 2.23. The average Bonchev–Trinajstić information content (AvgIpc) is 3.34. The van der Waals surface area contributed by atoms with Crippen LogP contribution in [0, 0.1) is 0 Å². The van der Waals surface area contributed by atoms with E-state index in [1.54, 1.807) is 6.08 Å². The molecule has 6 N–H and O–H groups in total. The number of allylic oxidation sites excluding steroid dienone is 3. The van der Waals surface area contributed by atoms with Crippen LogP contribution in [0.1, 0.15) is 290 Å². The maximum Gasteiger partial charge on any atom is 0.220 e. The molecule has 7 atom stereocenters. The molecule has 1 rings (SSSR count). The summed E-state index contributed by atoms with van der Waals surface area (Å²) in [6.07, 6.45) is 55.3. The molecule has 0 aliphatic carbocycles. The Morgan fingerprint density at radius 1 is 0.485 bits per heavy atom. The van der Waals surface area contributed by atoms with Crippen molar-refractivity contribution in [2.24, 2.45) is 0 Å². The second-order valence-corrected chi connectivity index (χ2v) is 20.8. The normalized spacial score (nSPS) is 19.7. The summed E-state index contributed by atoms with van der Waals surface area (Å²) in [7, 11) is 0. The smallest absolute Gasteiger partial charge is 0.220 e. The molecule has 1 amide bonds. The van der Waals surface area contributed by atoms with Crippen molar-refractivity contribution in [3.63, 3.8) is 0 Å². The predicted octanol–water partition coefficient (Wildman–Crippen LogP) is 14.6. The minimum absolute atomic E-state index is 0.177. The Balaban J connectivity index is 2.23. The number of aliphatic hydroxyl groups is 5. The summed E-state index contributed by atoms with van der Waals surface area (Å²) >= 11 is 0. The SMILES string of the molecule is CCCCCCCCCCCCC/C=C\CCCCCCCCCC(=O)NC(COC1OC(CO)C(O)C(O)C1O)C(O)/C=C/CCCCCCCCCCCCCCCCCCCCCCC. The van der Waals surface area contributed by atoms with Gasteiger partial charge < -0.3 is 40.3 Å². The van der Waals surface area contributed by atoms with E-state index < -0.39 is 49.5 Å². The van der Waals surface area contributed by atoms with Crippen molar-refractivity contribution >= 4 is 5.91 Å². The molecule has 7 unspecified atom stereocenters. The zero-order valence-corrected chi connectivity index (χ0v) is 44.6. The molecule has 0 radical (unpaired) electrons. The third-order valence-electron chi connectivity index (χ3n) is 14.3. The Bertz CT molecular complexity index is 1120. The molecule has 0 bridgehead atoms. The van der Waals surface area contributed by atoms with E-state index in [-0.39, 0.29) is 12.5 Å². The monoisotopic (exact) mass is 964 g/mol. The zero-order valence-electron chi connectivity index (χ0n) is 44.6. The molecule has 1 heterocycles. The third-order valence-corrected chi connectivity index (χ3v) is 14.3. The summed E-state index contributed by atoms with van der Waals surface area (Å²) in [5, 5.41) is 54.5. The lowest BCUT2D eigenvalue weighted by molar-refractivity contribution is -0.302. The number of aliphatic hydroxyl groups excluding tert-OH is 5. The molecule has 0 aromatic rings. The molecular formula is C59H113NO8. The summed E-state index contributed by atoms with van der Waals surface area (Å²) in [4.78, 5) is 13.1. The maximum atomic E-state index is 13.1. The second-order valence-electron chi connectivity index (χ2n) is 20.8. The molecule has 1 aliphatic rings. The van der Waals surface area contributed by atoms with Gasteiger partial charge >= 0.3 is 0 Å². The van der Waals surface area contributed by atoms with E-state index in [1.165, 1.54) is 231 Å². The summed E-state index contributed by atoms with van der Waals surface area (Å²) in [5.41, 5.74) is 0. The number of nitrogens with one attached hydrogen (secondary N) is 1. The number of unbranched alkanes of at least 4 members (excludes halogenated alkanes) is 39. The molecule has 1 saturated heterocycles. The summed E-state index contributed by atoms with van der Waals surface area (Å²) in [6, 6.07) is -0.806. The largest absolute Gasteiger partial charge is 0.394 e. The second kappa shape index (κ2) is 49.3. The van der Waals surface area contributed by atoms with E-state index in [0.29, 0.717) is 6.42 Å². The summed E-state index contributed by atoms with van der Waals surface area (Å²) in [5.74, 6) is -0.177. The van der Waals surface area contributed by atoms with Gasteiger partial charge in [0.2, 0.25) is 5.91 Å². The Hall–Kier alpha value is -1.33. The Morgan fingerprint density at radius 3 is 1.19 bits per heavy atom. The van der Waals surface area contributed by atoms with Gasteiger partial charge in [-0.2, -0.15) is 0 Å². The van der Waals surface area contributed by atoms with Gasteiger partial charge in [-0.1, -0.05) is 263 Å². The van der Waals surface area contributed by atoms with E-state index in [9.17, 15) is 30.3 Å². The fraction of sp³-hybridized carbons (Fsp3) is 0.915. The van der Waals surface area contributed by atoms with Crippen LogP contribution < -0.4 is 5.32 Å². The molecule has 9 heteroatoms. The number of carbonyl (C=O) groups excluding carboxylic acids is 1. The average molecular weight is 965 g/mol. The highest BCUT2D eigenvalue weighted by Gasteiger charge is 2.44. The topological polar surface area (TPSA) is 149 Å². The fourth-order valence-corrected chi connectivity index (χ4v) is 9.57. The lowest BCUT2D eigenvalue weighted by Gasteiger charge is -2.40. The van der Waals surface area contributed by atoms with Gasteiger partial charge in [-0.3, -0.25) is 4.79 Å². The van der Waals surface area contributed by atoms with E-state index >= 15 is 0 Å². The van der Waals surface area contributed by atoms with Gasteiger partial charge in [0, 0.05) is 6.42 Å². The Kier molecular flexibility index (Phi) is 46.9. The van der Waals surface area contributed by atoms with Gasteiger partial charge in [-0.05, 0) is 44.9 Å². The molecule has 0 aromatic carbocycles. The molecule has 0 aromatic heterocycles. The van der Waals surface area contributed by atoms with Crippen LogP contribution in [0.5, 0.6) is 0 Å². The summed E-state index contributed by atoms with van der Waals surface area (Å²) in [6.45, 7) is 3.82. The third kappa shape index (κ3) is 38.4. The maximum absolute atomic E-state index is 13.1. The number of hydrogen-bond donors (Lipinski definition) is 6. The van der Waals surface area contributed by atoms with Crippen LogP contribution in [-0.4, -0.2) is 87.5 Å². The van der Waals surface area contributed by atoms with Crippen molar-refractivity contribution < 1.29 is 39.8 Å². The van der Waals surface area contributed by atoms with Crippen molar-refractivity contribution in [2.45, 2.75) is 333 Å². The van der Waals surface area contributed by atoms with Crippen LogP contribution in [0.3, 0.4) is 0 Å². The molecule has 0 spiro atoms. The number of carbonyl (C=O) groups is 1. The van der Waals surface area contributed by atoms with Gasteiger partial charge in [0.05, 0.1) is 25.4 Å². The fourth-order valence-electron chi connectivity index (χ4n) is 9.57. The van der Waals surface area contributed by atoms with Crippen LogP contribution in [0.4, 0.5) is 0 Å². The minimum Gasteiger partial charge on any atom is -0.394 e. The van der Waals surface area contributed by atoms with Crippen molar-refractivity contribution in [3.8, 4) is 0 Å². The first-order chi connectivity index (χ1) is 33.3. The van der Waals surface area contributed by atoms with E-state index in [4.69, 9.17) is 9.47 Å². The first-order valence-corrected chi connectivity index (χ1v) is 29.6. The molecule has 1 aliphatic heterocycles. The minimum atomic E-state index is -1.57. The van der Waals surface area contributed by atoms with Gasteiger partial charge in [0.25, 0.3) is 0 Å². The van der Waals surface area contributed by atoms with Crippen molar-refractivity contribution in [1.29, 1.82) is 0 Å². The molecule has 402 valence electrons. The Morgan fingerprint density at radius 2 is 0.824 bits per heavy atom. The molecule has 0 saturated carbocycles. The van der Waals surface area contributed by atoms with Crippen molar-refractivity contribution in [2.75, 3.05) is 13.2 Å². The van der Waals surface area contributed by atoms with Gasteiger partial charge in [-0.15, -0.1) is 0 Å². The Labute approximate surface area is 419 Å². The lowest BCUT2D eigenvalue weighted by atomic mass is 9.99. The van der Waals surface area contributed by atoms with E-state index in [0.717, 1.165) is 38.5 Å². The molecule has 9 nitrogen and oxygen atoms in total. The van der Waals surface area contributed by atoms with Crippen molar-refractivity contribution in [1.82, 2.24) is 5.32 Å². The standard InChI is InChI=1S/C59H113NO8/c1-3-5-7-9-11-13-15-17-19-21-23-25-27-28-30-32-34-36-38-40-42-44-46-48-53(62)52(51-67-59-58(66)57(65)56(64)54(50-61)68-59)60-55(63)49-47-45-43-41-39-37-35-33-31-29-26-24-22-20-18-16-14-12-10-8-6-4-2/h29,31,46,48,52-54,56-59,61-62,64-66H,3-28,30,32-45,47,49-51H2,1-2H3,(H,60,63)/b31-29-,48-46+. The number of ether oxygens (including phenoxy) is 2. The predicted molar refractivity (Wildman–Crippen MR) is 286 cm³/mol. The molecule has 1 fully saturated rings. The first-order valence-electron chi connectivity index (χ1n) is 29.6. The quantitative estimate of drug-likeness (QED) is 0.0261. The van der Waals surface area contributed by atoms with Crippen LogP contribution >= 0.6 is 0 Å². The highest BCUT2D eigenvalue weighted by atomic mass is 16.7. The highest BCUT2D eigenvalue weighted by molar-refractivity contribution is 5.76. The van der Waals surface area contributed by atoms with Crippen molar-refractivity contribution in [3.05, 3.63) is 24.3 Å². The van der Waals surface area contributed by atoms with Crippen LogP contribution in [-0.2, 0) is 14.3 Å². The van der Waals surface area contributed by atoms with Gasteiger partial charge in [0.1, 0.15) is 24.4 Å². The molecular weight excluding hydrogens is 851 g/mol. The van der Waals surface area contributed by atoms with Crippen LogP contribution in [0.15, 0.2) is 24.3 Å². The van der Waals surface area contributed by atoms with Gasteiger partial charge in [-0.25, -0.2) is 0 Å². The molecule has 68 heavy (non-hydrogen) atoms. The zero-order chi connectivity index (χ0) is 49.4. The lowest BCUT2D eigenvalue weighted by Crippen LogP contribution is -2.60. The van der Waals surface area contributed by atoms with E-state index in [2.05, 4.69) is 31.3 Å². The number of rotatable bonds is 51. The first kappa shape index (κ1) is 64.7.